The summed E-state index contributed by atoms with van der Waals surface area (Å²) in [6, 6.07) is 41.0. The molecule has 0 unspecified atom stereocenters. The van der Waals surface area contributed by atoms with Crippen LogP contribution in [0.3, 0.4) is 0 Å². The van der Waals surface area contributed by atoms with Crippen molar-refractivity contribution in [2.45, 2.75) is 40.4 Å². The van der Waals surface area contributed by atoms with Crippen LogP contribution in [0.25, 0.3) is 32.7 Å². The van der Waals surface area contributed by atoms with Crippen molar-refractivity contribution in [1.29, 1.82) is 0 Å². The van der Waals surface area contributed by atoms with E-state index in [1.165, 1.54) is 0 Å². The van der Waals surface area contributed by atoms with Crippen LogP contribution < -0.4 is 24.2 Å². The van der Waals surface area contributed by atoms with E-state index < -0.39 is 0 Å². The molecule has 73 heavy (non-hydrogen) atoms. The molecule has 376 valence electrons. The van der Waals surface area contributed by atoms with Crippen LogP contribution in [0.5, 0.6) is 17.2 Å². The zero-order valence-corrected chi connectivity index (χ0v) is 44.7. The maximum Gasteiger partial charge on any atom is 0.259 e. The first-order chi connectivity index (χ1) is 35.3. The molecule has 0 saturated heterocycles. The predicted molar refractivity (Wildman–Crippen MR) is 300 cm³/mol. The molecule has 9 aromatic rings. The SMILES string of the molecule is CCBr.CCOc1ccc2c(c1)C(=O)N(c1ccc3c(ccn3C)c1)C2.CCOc1ccc2c(c1)C(=O)N(c1ccc3c(ccn3C)c1)C2.ClCCl.Cn1ccc2cc(N3Cc4ccc(O)cc4C3=O)ccc21. The van der Waals surface area contributed by atoms with E-state index in [4.69, 9.17) is 32.7 Å². The molecular formula is C58H57BrCl2N6O6. The minimum Gasteiger partial charge on any atom is -0.508 e. The Hall–Kier alpha value is -7.19. The van der Waals surface area contributed by atoms with Crippen molar-refractivity contribution < 1.29 is 29.0 Å². The fourth-order valence-electron chi connectivity index (χ4n) is 9.30. The molecule has 6 heterocycles. The predicted octanol–water partition coefficient (Wildman–Crippen LogP) is 13.3. The third-order valence-corrected chi connectivity index (χ3v) is 12.8. The second kappa shape index (κ2) is 23.1. The molecule has 12 rings (SSSR count). The highest BCUT2D eigenvalue weighted by Gasteiger charge is 2.31. The molecule has 12 nitrogen and oxygen atoms in total. The number of hydrogen-bond donors (Lipinski definition) is 1. The van der Waals surface area contributed by atoms with Gasteiger partial charge >= 0.3 is 0 Å². The Morgan fingerprint density at radius 2 is 0.795 bits per heavy atom. The van der Waals surface area contributed by atoms with Crippen molar-refractivity contribution in [2.75, 3.05) is 38.6 Å². The Bertz CT molecular complexity index is 3320. The van der Waals surface area contributed by atoms with Gasteiger partial charge in [0.2, 0.25) is 0 Å². The second-order valence-corrected chi connectivity index (χ2v) is 19.3. The summed E-state index contributed by atoms with van der Waals surface area (Å²) >= 11 is 12.7. The van der Waals surface area contributed by atoms with Gasteiger partial charge in [0.1, 0.15) is 17.2 Å². The average molecular weight is 1080 g/mol. The van der Waals surface area contributed by atoms with Crippen molar-refractivity contribution in [2.24, 2.45) is 21.1 Å². The smallest absolute Gasteiger partial charge is 0.259 e. The van der Waals surface area contributed by atoms with Gasteiger partial charge in [0.15, 0.2) is 0 Å². The van der Waals surface area contributed by atoms with Crippen molar-refractivity contribution in [3.63, 3.8) is 0 Å². The number of benzene rings is 6. The minimum absolute atomic E-state index is 0.0387. The number of aromatic nitrogens is 3. The lowest BCUT2D eigenvalue weighted by atomic mass is 10.1. The summed E-state index contributed by atoms with van der Waals surface area (Å²) in [4.78, 5) is 43.4. The number of fused-ring (bicyclic) bond motifs is 6. The lowest BCUT2D eigenvalue weighted by molar-refractivity contribution is 0.0988. The van der Waals surface area contributed by atoms with E-state index in [9.17, 15) is 19.5 Å². The Balaban J connectivity index is 0.000000139. The number of hydrogen-bond acceptors (Lipinski definition) is 6. The highest BCUT2D eigenvalue weighted by molar-refractivity contribution is 9.09. The molecule has 6 aromatic carbocycles. The standard InChI is InChI=1S/2C19H18N2O2.C17H14N2O2.C2H5Br.CH2Cl2/c2*1-3-23-16-6-4-14-12-21(19(22)17(14)11-16)15-5-7-18-13(10-15)8-9-20(18)2;1-18-7-6-11-8-13(3-5-16(11)18)19-10-12-2-4-14(20)9-15(12)17(19)21;1-2-3;2-1-3/h2*4-11H,3,12H2,1-2H3;2-9,20H,10H2,1H3;2H2,1H3;1H2. The van der Waals surface area contributed by atoms with Gasteiger partial charge in [0.25, 0.3) is 17.7 Å². The molecule has 0 saturated carbocycles. The van der Waals surface area contributed by atoms with Crippen LogP contribution in [0.1, 0.15) is 68.5 Å². The number of anilines is 3. The molecule has 3 amide bonds. The van der Waals surface area contributed by atoms with Crippen LogP contribution in [0.15, 0.2) is 146 Å². The summed E-state index contributed by atoms with van der Waals surface area (Å²) < 4.78 is 17.2. The van der Waals surface area contributed by atoms with E-state index in [1.54, 1.807) is 17.0 Å². The molecule has 0 atom stereocenters. The topological polar surface area (TPSA) is 114 Å². The van der Waals surface area contributed by atoms with E-state index in [-0.39, 0.29) is 28.8 Å². The number of halogens is 3. The van der Waals surface area contributed by atoms with Crippen LogP contribution in [-0.2, 0) is 40.8 Å². The fraction of sp³-hybridized carbons (Fsp3) is 0.224. The first-order valence-electron chi connectivity index (χ1n) is 23.9. The molecule has 15 heteroatoms. The molecule has 3 aliphatic heterocycles. The van der Waals surface area contributed by atoms with E-state index in [0.717, 1.165) is 94.4 Å². The third-order valence-electron chi connectivity index (χ3n) is 12.8. The quantitative estimate of drug-likeness (QED) is 0.159. The molecule has 0 spiro atoms. The molecule has 3 aromatic heterocycles. The molecule has 1 N–H and O–H groups in total. The Morgan fingerprint density at radius 3 is 1.12 bits per heavy atom. The van der Waals surface area contributed by atoms with Gasteiger partial charge in [-0.2, -0.15) is 0 Å². The number of phenols is 1. The highest BCUT2D eigenvalue weighted by atomic mass is 79.9. The van der Waals surface area contributed by atoms with Crippen LogP contribution in [-0.4, -0.2) is 60.4 Å². The fourth-order valence-corrected chi connectivity index (χ4v) is 9.30. The molecule has 3 aliphatic rings. The number of alkyl halides is 3. The number of aromatic hydroxyl groups is 1. The minimum atomic E-state index is -0.0591. The first-order valence-corrected chi connectivity index (χ1v) is 26.1. The van der Waals surface area contributed by atoms with Crippen LogP contribution in [0, 0.1) is 0 Å². The normalized spacial score (nSPS) is 13.1. The van der Waals surface area contributed by atoms with Crippen molar-refractivity contribution in [3.8, 4) is 17.2 Å². The van der Waals surface area contributed by atoms with E-state index in [0.29, 0.717) is 38.4 Å². The largest absolute Gasteiger partial charge is 0.508 e. The van der Waals surface area contributed by atoms with Gasteiger partial charge in [-0.15, -0.1) is 23.2 Å². The summed E-state index contributed by atoms with van der Waals surface area (Å²) in [6.45, 7) is 8.89. The van der Waals surface area contributed by atoms with Gasteiger partial charge in [-0.1, -0.05) is 41.1 Å². The Labute approximate surface area is 443 Å². The molecular weight excluding hydrogens is 1030 g/mol. The summed E-state index contributed by atoms with van der Waals surface area (Å²) in [5.41, 5.74) is 11.3. The average Bonchev–Trinajstić information content (AvgIpc) is 4.25. The van der Waals surface area contributed by atoms with Crippen molar-refractivity contribution in [1.82, 2.24) is 13.7 Å². The molecule has 0 fully saturated rings. The van der Waals surface area contributed by atoms with Gasteiger partial charge in [-0.25, -0.2) is 0 Å². The number of phenolic OH excluding ortho intramolecular Hbond substituents is 1. The maximum atomic E-state index is 12.8. The third kappa shape index (κ3) is 11.1. The molecule has 0 bridgehead atoms. The number of carbonyl (C=O) groups excluding carboxylic acids is 3. The van der Waals surface area contributed by atoms with Gasteiger partial charge in [-0.05, 0) is 140 Å². The van der Waals surface area contributed by atoms with Crippen molar-refractivity contribution in [3.05, 3.63) is 179 Å². The summed E-state index contributed by atoms with van der Waals surface area (Å²) in [6.07, 6.45) is 6.07. The number of amides is 3. The second-order valence-electron chi connectivity index (χ2n) is 17.4. The van der Waals surface area contributed by atoms with Gasteiger partial charge in [0, 0.05) is 112 Å². The van der Waals surface area contributed by atoms with E-state index in [1.807, 2.05) is 149 Å². The Kier molecular flexibility index (Phi) is 16.5. The van der Waals surface area contributed by atoms with E-state index in [2.05, 4.69) is 66.0 Å². The number of nitrogens with zero attached hydrogens (tertiary/aromatic N) is 6. The van der Waals surface area contributed by atoms with Crippen LogP contribution >= 0.6 is 39.1 Å². The first kappa shape index (κ1) is 52.1. The van der Waals surface area contributed by atoms with E-state index >= 15 is 0 Å². The van der Waals surface area contributed by atoms with Crippen LogP contribution in [0.2, 0.25) is 0 Å². The number of aryl methyl sites for hydroxylation is 3. The number of carbonyl (C=O) groups is 3. The molecule has 0 aliphatic carbocycles. The van der Waals surface area contributed by atoms with Crippen LogP contribution in [0.4, 0.5) is 17.1 Å². The lowest BCUT2D eigenvalue weighted by Gasteiger charge is -2.16. The summed E-state index contributed by atoms with van der Waals surface area (Å²) in [7, 11) is 6.05. The summed E-state index contributed by atoms with van der Waals surface area (Å²) in [5.74, 6) is 1.65. The lowest BCUT2D eigenvalue weighted by Crippen LogP contribution is -2.22. The number of ether oxygens (including phenoxy) is 2. The van der Waals surface area contributed by atoms with Gasteiger partial charge < -0.3 is 43.0 Å². The molecule has 0 radical (unpaired) electrons. The summed E-state index contributed by atoms with van der Waals surface area (Å²) in [5, 5.41) is 14.2. The Morgan fingerprint density at radius 1 is 0.479 bits per heavy atom. The zero-order valence-electron chi connectivity index (χ0n) is 41.6. The van der Waals surface area contributed by atoms with Crippen molar-refractivity contribution >= 4 is 107 Å². The highest BCUT2D eigenvalue weighted by Crippen LogP contribution is 2.36. The zero-order chi connectivity index (χ0) is 51.9. The van der Waals surface area contributed by atoms with Gasteiger partial charge in [0.05, 0.1) is 38.2 Å². The monoisotopic (exact) mass is 1080 g/mol. The van der Waals surface area contributed by atoms with Gasteiger partial charge in [-0.3, -0.25) is 14.4 Å². The number of rotatable bonds is 7. The maximum absolute atomic E-state index is 12.8.